The lowest BCUT2D eigenvalue weighted by Gasteiger charge is -2.17. The van der Waals surface area contributed by atoms with Crippen LogP contribution < -0.4 is 0 Å². The average Bonchev–Trinajstić information content (AvgIpc) is 2.35. The van der Waals surface area contributed by atoms with Gasteiger partial charge in [0.05, 0.1) is 12.8 Å². The van der Waals surface area contributed by atoms with Gasteiger partial charge in [-0.25, -0.2) is 4.79 Å². The third-order valence-electron chi connectivity index (χ3n) is 2.29. The van der Waals surface area contributed by atoms with Gasteiger partial charge in [-0.2, -0.15) is 0 Å². The van der Waals surface area contributed by atoms with E-state index in [1.807, 2.05) is 30.3 Å². The third-order valence-corrected chi connectivity index (χ3v) is 2.29. The van der Waals surface area contributed by atoms with Gasteiger partial charge in [-0.15, -0.1) is 0 Å². The Morgan fingerprint density at radius 1 is 1.29 bits per heavy atom. The number of benzene rings is 1. The monoisotopic (exact) mass is 234 g/mol. The van der Waals surface area contributed by atoms with Crippen LogP contribution in [0.4, 0.5) is 4.79 Å². The van der Waals surface area contributed by atoms with Gasteiger partial charge in [0.25, 0.3) is 0 Å². The van der Waals surface area contributed by atoms with Crippen LogP contribution in [-0.2, 0) is 11.2 Å². The number of carboxylic acid groups (broad SMARTS) is 1. The first kappa shape index (κ1) is 12.9. The molecule has 0 saturated heterocycles. The Hall–Kier alpha value is -2.17. The van der Waals surface area contributed by atoms with Gasteiger partial charge in [-0.1, -0.05) is 30.3 Å². The summed E-state index contributed by atoms with van der Waals surface area (Å²) < 4.78 is 0. The first-order valence-electron chi connectivity index (χ1n) is 5.18. The molecule has 0 fully saturated rings. The number of hydrogen-bond donors (Lipinski definition) is 2. The van der Waals surface area contributed by atoms with Crippen LogP contribution in [0.5, 0.6) is 0 Å². The Labute approximate surface area is 99.2 Å². The topological polar surface area (TPSA) is 81.5 Å². The molecule has 0 saturated carbocycles. The van der Waals surface area contributed by atoms with Crippen LogP contribution in [0.15, 0.2) is 30.3 Å². The zero-order chi connectivity index (χ0) is 12.7. The third kappa shape index (κ3) is 4.46. The molecular formula is C12H14N2O3. The molecule has 0 unspecified atom stereocenters. The van der Waals surface area contributed by atoms with Gasteiger partial charge in [-0.05, 0) is 12.0 Å². The minimum Gasteiger partial charge on any atom is -0.465 e. The van der Waals surface area contributed by atoms with Gasteiger partial charge >= 0.3 is 6.09 Å². The molecule has 0 spiro atoms. The molecule has 17 heavy (non-hydrogen) atoms. The predicted molar refractivity (Wildman–Crippen MR) is 63.5 cm³/mol. The van der Waals surface area contributed by atoms with Crippen LogP contribution in [-0.4, -0.2) is 41.2 Å². The molecular weight excluding hydrogens is 220 g/mol. The van der Waals surface area contributed by atoms with Crippen molar-refractivity contribution in [1.29, 1.82) is 5.41 Å². The smallest absolute Gasteiger partial charge is 0.407 e. The van der Waals surface area contributed by atoms with E-state index in [1.165, 1.54) is 0 Å². The summed E-state index contributed by atoms with van der Waals surface area (Å²) in [6.07, 6.45) is 0.0489. The zero-order valence-electron chi connectivity index (χ0n) is 9.30. The van der Waals surface area contributed by atoms with Crippen molar-refractivity contribution in [2.75, 3.05) is 13.1 Å². The largest absolute Gasteiger partial charge is 0.465 e. The van der Waals surface area contributed by atoms with Crippen LogP contribution in [0.25, 0.3) is 0 Å². The maximum atomic E-state index is 11.0. The highest BCUT2D eigenvalue weighted by atomic mass is 16.4. The lowest BCUT2D eigenvalue weighted by atomic mass is 10.1. The molecule has 0 aliphatic heterocycles. The number of nitrogens with zero attached hydrogens (tertiary/aromatic N) is 1. The first-order chi connectivity index (χ1) is 8.13. The van der Waals surface area contributed by atoms with Crippen LogP contribution in [0.3, 0.4) is 0 Å². The van der Waals surface area contributed by atoms with Crippen molar-refractivity contribution in [3.63, 3.8) is 0 Å². The minimum atomic E-state index is -1.14. The highest BCUT2D eigenvalue weighted by molar-refractivity contribution is 6.27. The van der Waals surface area contributed by atoms with E-state index in [0.717, 1.165) is 10.5 Å². The molecule has 0 bridgehead atoms. The number of rotatable bonds is 6. The van der Waals surface area contributed by atoms with Gasteiger partial charge < -0.3 is 15.4 Å². The minimum absolute atomic E-state index is 0.249. The number of hydrogen-bond acceptors (Lipinski definition) is 3. The molecule has 0 aromatic heterocycles. The van der Waals surface area contributed by atoms with Crippen molar-refractivity contribution in [1.82, 2.24) is 4.90 Å². The summed E-state index contributed by atoms with van der Waals surface area (Å²) in [5, 5.41) is 15.6. The molecule has 1 rings (SSSR count). The van der Waals surface area contributed by atoms with E-state index in [0.29, 0.717) is 12.6 Å². The van der Waals surface area contributed by atoms with E-state index in [4.69, 9.17) is 10.5 Å². The van der Waals surface area contributed by atoms with Gasteiger partial charge in [-0.3, -0.25) is 4.79 Å². The summed E-state index contributed by atoms with van der Waals surface area (Å²) in [5.41, 5.74) is 1.01. The van der Waals surface area contributed by atoms with Crippen LogP contribution >= 0.6 is 0 Å². The molecule has 1 amide bonds. The van der Waals surface area contributed by atoms with Crippen molar-refractivity contribution in [3.05, 3.63) is 35.9 Å². The molecule has 0 atom stereocenters. The summed E-state index contributed by atoms with van der Waals surface area (Å²) in [5.74, 6) is -0.513. The normalized spacial score (nSPS) is 9.65. The Balaban J connectivity index is 2.53. The van der Waals surface area contributed by atoms with E-state index in [-0.39, 0.29) is 13.1 Å². The highest BCUT2D eigenvalue weighted by Crippen LogP contribution is 2.01. The standard InChI is InChI=1S/C12H14N2O3/c13-8-11(15)9-14(12(16)17)7-6-10-4-2-1-3-5-10/h1-5,8,13H,6-7,9H2,(H,16,17). The quantitative estimate of drug-likeness (QED) is 0.730. The summed E-state index contributed by atoms with van der Waals surface area (Å²) in [7, 11) is 0. The number of carbonyl (C=O) groups is 2. The fourth-order valence-corrected chi connectivity index (χ4v) is 1.38. The van der Waals surface area contributed by atoms with Crippen LogP contribution in [0.2, 0.25) is 0 Å². The van der Waals surface area contributed by atoms with Crippen LogP contribution in [0, 0.1) is 5.41 Å². The summed E-state index contributed by atoms with van der Waals surface area (Å²) >= 11 is 0. The molecule has 1 aromatic rings. The Kier molecular flexibility index (Phi) is 4.87. The van der Waals surface area contributed by atoms with E-state index in [9.17, 15) is 9.59 Å². The first-order valence-corrected chi connectivity index (χ1v) is 5.18. The average molecular weight is 234 g/mol. The zero-order valence-corrected chi connectivity index (χ0v) is 9.30. The predicted octanol–water partition coefficient (Wildman–Crippen LogP) is 1.43. The number of ketones is 1. The fourth-order valence-electron chi connectivity index (χ4n) is 1.38. The van der Waals surface area contributed by atoms with Gasteiger partial charge in [0.1, 0.15) is 0 Å². The van der Waals surface area contributed by atoms with E-state index < -0.39 is 11.9 Å². The molecule has 1 aromatic carbocycles. The second-order valence-corrected chi connectivity index (χ2v) is 3.55. The van der Waals surface area contributed by atoms with Crippen molar-refractivity contribution in [2.45, 2.75) is 6.42 Å². The fraction of sp³-hybridized carbons (Fsp3) is 0.250. The number of nitrogens with one attached hydrogen (secondary N) is 1. The Morgan fingerprint density at radius 2 is 1.94 bits per heavy atom. The lowest BCUT2D eigenvalue weighted by molar-refractivity contribution is -0.113. The highest BCUT2D eigenvalue weighted by Gasteiger charge is 2.14. The van der Waals surface area contributed by atoms with E-state index in [2.05, 4.69) is 0 Å². The summed E-state index contributed by atoms with van der Waals surface area (Å²) in [6, 6.07) is 9.44. The molecule has 0 radical (unpaired) electrons. The van der Waals surface area contributed by atoms with Crippen molar-refractivity contribution in [2.24, 2.45) is 0 Å². The molecule has 0 aliphatic carbocycles. The molecule has 2 N–H and O–H groups in total. The lowest BCUT2D eigenvalue weighted by Crippen LogP contribution is -2.36. The van der Waals surface area contributed by atoms with Gasteiger partial charge in [0.2, 0.25) is 0 Å². The van der Waals surface area contributed by atoms with Crippen molar-refractivity contribution in [3.8, 4) is 0 Å². The number of amides is 1. The molecule has 0 aliphatic rings. The molecule has 5 nitrogen and oxygen atoms in total. The molecule has 5 heteroatoms. The maximum Gasteiger partial charge on any atom is 0.407 e. The second-order valence-electron chi connectivity index (χ2n) is 3.55. The van der Waals surface area contributed by atoms with Crippen LogP contribution in [0.1, 0.15) is 5.56 Å². The SMILES string of the molecule is N=CC(=O)CN(CCc1ccccc1)C(=O)O. The van der Waals surface area contributed by atoms with E-state index in [1.54, 1.807) is 0 Å². The summed E-state index contributed by atoms with van der Waals surface area (Å²) in [6.45, 7) is -0.00933. The molecule has 0 heterocycles. The van der Waals surface area contributed by atoms with Gasteiger partial charge in [0.15, 0.2) is 5.78 Å². The van der Waals surface area contributed by atoms with E-state index >= 15 is 0 Å². The second kappa shape index (κ2) is 6.42. The molecule has 90 valence electrons. The van der Waals surface area contributed by atoms with Crippen molar-refractivity contribution < 1.29 is 14.7 Å². The number of carbonyl (C=O) groups excluding carboxylic acids is 1. The Bertz CT molecular complexity index is 403. The number of Topliss-reactive ketones (excluding diaryl/α,β-unsaturated/α-hetero) is 1. The summed E-state index contributed by atoms with van der Waals surface area (Å²) in [4.78, 5) is 22.9. The Morgan fingerprint density at radius 3 is 2.47 bits per heavy atom. The van der Waals surface area contributed by atoms with Gasteiger partial charge in [0, 0.05) is 6.54 Å². The maximum absolute atomic E-state index is 11.0. The van der Waals surface area contributed by atoms with Crippen molar-refractivity contribution >= 4 is 18.1 Å².